The molecular formula is C24H28ClN5. The molecule has 0 atom stereocenters. The van der Waals surface area contributed by atoms with Gasteiger partial charge in [-0.15, -0.1) is 12.4 Å². The molecule has 0 saturated carbocycles. The number of piperidine rings is 1. The Labute approximate surface area is 184 Å². The van der Waals surface area contributed by atoms with Gasteiger partial charge in [-0.25, -0.2) is 4.98 Å². The first kappa shape index (κ1) is 22.0. The summed E-state index contributed by atoms with van der Waals surface area (Å²) < 4.78 is 2.18. The summed E-state index contributed by atoms with van der Waals surface area (Å²) >= 11 is 0. The average molecular weight is 422 g/mol. The van der Waals surface area contributed by atoms with Gasteiger partial charge in [-0.1, -0.05) is 42.5 Å². The van der Waals surface area contributed by atoms with Gasteiger partial charge in [-0.05, 0) is 49.2 Å². The number of aromatic nitrogens is 2. The van der Waals surface area contributed by atoms with E-state index in [4.69, 9.17) is 5.26 Å². The molecular weight excluding hydrogens is 394 g/mol. The molecule has 4 rings (SSSR count). The highest BCUT2D eigenvalue weighted by molar-refractivity contribution is 5.85. The molecule has 6 heteroatoms. The van der Waals surface area contributed by atoms with Gasteiger partial charge in [0.15, 0.2) is 0 Å². The predicted octanol–water partition coefficient (Wildman–Crippen LogP) is 3.98. The maximum atomic E-state index is 8.94. The van der Waals surface area contributed by atoms with E-state index in [9.17, 15) is 0 Å². The largest absolute Gasteiger partial charge is 0.329 e. The summed E-state index contributed by atoms with van der Waals surface area (Å²) in [5.74, 6) is 0. The Kier molecular flexibility index (Phi) is 8.04. The van der Waals surface area contributed by atoms with Crippen LogP contribution in [-0.4, -0.2) is 33.6 Å². The predicted molar refractivity (Wildman–Crippen MR) is 121 cm³/mol. The van der Waals surface area contributed by atoms with Gasteiger partial charge in [0.1, 0.15) is 0 Å². The van der Waals surface area contributed by atoms with Gasteiger partial charge in [0.05, 0.1) is 23.7 Å². The monoisotopic (exact) mass is 421 g/mol. The molecule has 30 heavy (non-hydrogen) atoms. The zero-order valence-corrected chi connectivity index (χ0v) is 17.9. The van der Waals surface area contributed by atoms with E-state index < -0.39 is 0 Å². The highest BCUT2D eigenvalue weighted by Crippen LogP contribution is 2.15. The summed E-state index contributed by atoms with van der Waals surface area (Å²) in [4.78, 5) is 6.88. The maximum Gasteiger partial charge on any atom is 0.0991 e. The van der Waals surface area contributed by atoms with Gasteiger partial charge in [-0.2, -0.15) is 5.26 Å². The average Bonchev–Trinajstić information content (AvgIpc) is 3.21. The van der Waals surface area contributed by atoms with Crippen molar-refractivity contribution in [1.29, 1.82) is 5.26 Å². The topological polar surface area (TPSA) is 56.9 Å². The van der Waals surface area contributed by atoms with E-state index in [0.717, 1.165) is 32.7 Å². The van der Waals surface area contributed by atoms with Crippen molar-refractivity contribution in [2.24, 2.45) is 0 Å². The molecule has 1 N–H and O–H groups in total. The number of likely N-dealkylation sites (tertiary alicyclic amines) is 1. The molecule has 0 bridgehead atoms. The summed E-state index contributed by atoms with van der Waals surface area (Å²) in [7, 11) is 0. The lowest BCUT2D eigenvalue weighted by Gasteiger charge is -2.32. The van der Waals surface area contributed by atoms with E-state index in [1.807, 2.05) is 36.8 Å². The summed E-state index contributed by atoms with van der Waals surface area (Å²) in [5.41, 5.74) is 4.46. The van der Waals surface area contributed by atoms with Crippen molar-refractivity contribution in [3.63, 3.8) is 0 Å². The van der Waals surface area contributed by atoms with Crippen LogP contribution >= 0.6 is 12.4 Å². The van der Waals surface area contributed by atoms with Gasteiger partial charge in [0, 0.05) is 31.9 Å². The van der Waals surface area contributed by atoms with Gasteiger partial charge in [0.2, 0.25) is 0 Å². The number of benzene rings is 2. The molecule has 1 fully saturated rings. The number of hydrogen-bond donors (Lipinski definition) is 1. The minimum atomic E-state index is 0. The van der Waals surface area contributed by atoms with E-state index in [1.165, 1.54) is 29.7 Å². The third-order valence-electron chi connectivity index (χ3n) is 5.64. The van der Waals surface area contributed by atoms with Gasteiger partial charge < -0.3 is 9.88 Å². The van der Waals surface area contributed by atoms with E-state index >= 15 is 0 Å². The summed E-state index contributed by atoms with van der Waals surface area (Å²) in [6.45, 7) is 4.93. The van der Waals surface area contributed by atoms with Crippen LogP contribution in [0, 0.1) is 11.3 Å². The molecule has 2 heterocycles. The molecule has 156 valence electrons. The quantitative estimate of drug-likeness (QED) is 0.626. The molecule has 1 saturated heterocycles. The minimum Gasteiger partial charge on any atom is -0.329 e. The van der Waals surface area contributed by atoms with Crippen molar-refractivity contribution in [3.8, 4) is 6.07 Å². The molecule has 2 aromatic carbocycles. The second kappa shape index (κ2) is 10.9. The third-order valence-corrected chi connectivity index (χ3v) is 5.64. The second-order valence-corrected chi connectivity index (χ2v) is 7.74. The number of nitrogens with one attached hydrogen (secondary N) is 1. The SMILES string of the molecule is Cl.N#Cc1ccc(Cn2cncc2CNC2CCN(Cc3ccccc3)CC2)cc1. The zero-order chi connectivity index (χ0) is 19.9. The zero-order valence-electron chi connectivity index (χ0n) is 17.1. The van der Waals surface area contributed by atoms with Crippen LogP contribution in [0.4, 0.5) is 0 Å². The van der Waals surface area contributed by atoms with Crippen molar-refractivity contribution in [2.75, 3.05) is 13.1 Å². The first-order valence-electron chi connectivity index (χ1n) is 10.3. The number of nitrogens with zero attached hydrogens (tertiary/aromatic N) is 4. The smallest absolute Gasteiger partial charge is 0.0991 e. The lowest BCUT2D eigenvalue weighted by molar-refractivity contribution is 0.189. The van der Waals surface area contributed by atoms with Crippen LogP contribution in [0.15, 0.2) is 67.1 Å². The maximum absolute atomic E-state index is 8.94. The Morgan fingerprint density at radius 3 is 2.37 bits per heavy atom. The summed E-state index contributed by atoms with van der Waals surface area (Å²) in [5, 5.41) is 12.7. The standard InChI is InChI=1S/C24H27N5.ClH/c25-14-20-6-8-22(9-7-20)18-29-19-26-15-24(29)16-27-23-10-12-28(13-11-23)17-21-4-2-1-3-5-21;/h1-9,15,19,23,27H,10-13,16-18H2;1H. The number of halogens is 1. The molecule has 1 aromatic heterocycles. The number of hydrogen-bond acceptors (Lipinski definition) is 4. The van der Waals surface area contributed by atoms with E-state index in [0.29, 0.717) is 11.6 Å². The van der Waals surface area contributed by atoms with Crippen LogP contribution in [0.2, 0.25) is 0 Å². The van der Waals surface area contributed by atoms with E-state index in [1.54, 1.807) is 0 Å². The Hall–Kier alpha value is -2.65. The molecule has 0 radical (unpaired) electrons. The lowest BCUT2D eigenvalue weighted by atomic mass is 10.0. The Morgan fingerprint density at radius 2 is 1.67 bits per heavy atom. The first-order valence-corrected chi connectivity index (χ1v) is 10.3. The Morgan fingerprint density at radius 1 is 0.967 bits per heavy atom. The van der Waals surface area contributed by atoms with Gasteiger partial charge in [0.25, 0.3) is 0 Å². The molecule has 0 unspecified atom stereocenters. The second-order valence-electron chi connectivity index (χ2n) is 7.74. The van der Waals surface area contributed by atoms with E-state index in [2.05, 4.69) is 56.2 Å². The van der Waals surface area contributed by atoms with Crippen molar-refractivity contribution >= 4 is 12.4 Å². The van der Waals surface area contributed by atoms with Crippen molar-refractivity contribution < 1.29 is 0 Å². The lowest BCUT2D eigenvalue weighted by Crippen LogP contribution is -2.42. The number of nitriles is 1. The molecule has 0 aliphatic carbocycles. The highest BCUT2D eigenvalue weighted by atomic mass is 35.5. The van der Waals surface area contributed by atoms with Gasteiger partial charge >= 0.3 is 0 Å². The van der Waals surface area contributed by atoms with Crippen LogP contribution in [0.3, 0.4) is 0 Å². The Balaban J connectivity index is 0.00000256. The van der Waals surface area contributed by atoms with Crippen molar-refractivity contribution in [1.82, 2.24) is 19.8 Å². The fraction of sp³-hybridized carbons (Fsp3) is 0.333. The third kappa shape index (κ3) is 5.93. The fourth-order valence-corrected chi connectivity index (χ4v) is 3.90. The van der Waals surface area contributed by atoms with E-state index in [-0.39, 0.29) is 12.4 Å². The fourth-order valence-electron chi connectivity index (χ4n) is 3.90. The molecule has 1 aliphatic rings. The van der Waals surface area contributed by atoms with Crippen molar-refractivity contribution in [3.05, 3.63) is 89.5 Å². The molecule has 1 aliphatic heterocycles. The van der Waals surface area contributed by atoms with Crippen LogP contribution in [0.1, 0.15) is 35.2 Å². The van der Waals surface area contributed by atoms with Crippen LogP contribution < -0.4 is 5.32 Å². The Bertz CT molecular complexity index is 938. The minimum absolute atomic E-state index is 0. The number of imidazole rings is 1. The summed E-state index contributed by atoms with van der Waals surface area (Å²) in [6.07, 6.45) is 6.19. The van der Waals surface area contributed by atoms with Crippen LogP contribution in [0.25, 0.3) is 0 Å². The molecule has 3 aromatic rings. The van der Waals surface area contributed by atoms with Gasteiger partial charge in [-0.3, -0.25) is 4.90 Å². The van der Waals surface area contributed by atoms with Crippen molar-refractivity contribution in [2.45, 2.75) is 38.5 Å². The van der Waals surface area contributed by atoms with Crippen LogP contribution in [-0.2, 0) is 19.6 Å². The normalized spacial score (nSPS) is 14.8. The highest BCUT2D eigenvalue weighted by Gasteiger charge is 2.19. The van der Waals surface area contributed by atoms with Crippen LogP contribution in [0.5, 0.6) is 0 Å². The summed E-state index contributed by atoms with van der Waals surface area (Å²) in [6, 6.07) is 21.2. The first-order chi connectivity index (χ1) is 14.3. The molecule has 5 nitrogen and oxygen atoms in total. The molecule has 0 amide bonds. The molecule has 0 spiro atoms. The number of rotatable bonds is 7.